The lowest BCUT2D eigenvalue weighted by molar-refractivity contribution is -0.360. The number of alkyl halides is 5. The number of carbonyl (C=O) groups is 1. The van der Waals surface area contributed by atoms with Crippen LogP contribution in [0.15, 0.2) is 30.6 Å². The summed E-state index contributed by atoms with van der Waals surface area (Å²) in [6.45, 7) is 0. The summed E-state index contributed by atoms with van der Waals surface area (Å²) in [4.78, 5) is 13.9. The summed E-state index contributed by atoms with van der Waals surface area (Å²) in [6, 6.07) is 3.87. The molecule has 11 heteroatoms. The van der Waals surface area contributed by atoms with Crippen molar-refractivity contribution in [1.29, 1.82) is 0 Å². The SMILES string of the molecule is O=C([O-])c1ncn(-c2ccc(OC(F)(F)C(F)(F)F)cc2)n1. The summed E-state index contributed by atoms with van der Waals surface area (Å²) >= 11 is 0. The molecule has 0 atom stereocenters. The summed E-state index contributed by atoms with van der Waals surface area (Å²) in [5.41, 5.74) is 0.169. The zero-order valence-electron chi connectivity index (χ0n) is 10.3. The zero-order valence-corrected chi connectivity index (χ0v) is 10.3. The van der Waals surface area contributed by atoms with E-state index in [9.17, 15) is 31.9 Å². The number of hydrogen-bond acceptors (Lipinski definition) is 5. The molecule has 1 heterocycles. The predicted octanol–water partition coefficient (Wildman–Crippen LogP) is 1.16. The largest absolute Gasteiger partial charge is 0.541 e. The van der Waals surface area contributed by atoms with E-state index in [4.69, 9.17) is 0 Å². The standard InChI is InChI=1S/C11H6F5N3O3/c12-10(13,14)11(15,16)22-7-3-1-6(2-4-7)19-5-17-8(18-19)9(20)21/h1-5H,(H,20,21)/p-1. The fourth-order valence-corrected chi connectivity index (χ4v) is 1.35. The molecule has 2 aromatic rings. The Bertz CT molecular complexity index is 681. The van der Waals surface area contributed by atoms with Crippen LogP contribution in [0.3, 0.4) is 0 Å². The van der Waals surface area contributed by atoms with E-state index in [0.29, 0.717) is 0 Å². The highest BCUT2D eigenvalue weighted by Gasteiger charge is 2.61. The fraction of sp³-hybridized carbons (Fsp3) is 0.182. The van der Waals surface area contributed by atoms with E-state index < -0.39 is 29.8 Å². The number of carboxylic acids is 1. The van der Waals surface area contributed by atoms with Crippen LogP contribution in [0, 0.1) is 0 Å². The third kappa shape index (κ3) is 3.13. The van der Waals surface area contributed by atoms with Crippen molar-refractivity contribution in [3.05, 3.63) is 36.4 Å². The highest BCUT2D eigenvalue weighted by Crippen LogP contribution is 2.37. The molecule has 0 aliphatic rings. The van der Waals surface area contributed by atoms with Crippen molar-refractivity contribution < 1.29 is 36.6 Å². The minimum atomic E-state index is -5.85. The first-order valence-corrected chi connectivity index (χ1v) is 5.47. The van der Waals surface area contributed by atoms with Crippen LogP contribution < -0.4 is 9.84 Å². The molecule has 0 saturated carbocycles. The molecule has 22 heavy (non-hydrogen) atoms. The van der Waals surface area contributed by atoms with Crippen LogP contribution in [-0.2, 0) is 0 Å². The topological polar surface area (TPSA) is 80.1 Å². The maximum absolute atomic E-state index is 12.7. The van der Waals surface area contributed by atoms with Gasteiger partial charge in [0.15, 0.2) is 5.82 Å². The molecule has 2 rings (SSSR count). The summed E-state index contributed by atoms with van der Waals surface area (Å²) in [5.74, 6) is -2.96. The Morgan fingerprint density at radius 2 is 1.73 bits per heavy atom. The lowest BCUT2D eigenvalue weighted by Crippen LogP contribution is -2.41. The second-order valence-electron chi connectivity index (χ2n) is 3.91. The Hall–Kier alpha value is -2.72. The van der Waals surface area contributed by atoms with Gasteiger partial charge in [-0.05, 0) is 24.3 Å². The average molecular weight is 322 g/mol. The molecule has 0 aliphatic heterocycles. The fourth-order valence-electron chi connectivity index (χ4n) is 1.35. The third-order valence-corrected chi connectivity index (χ3v) is 2.35. The highest BCUT2D eigenvalue weighted by atomic mass is 19.4. The number of benzene rings is 1. The number of carboxylic acid groups (broad SMARTS) is 1. The van der Waals surface area contributed by atoms with Gasteiger partial charge in [-0.25, -0.2) is 9.67 Å². The van der Waals surface area contributed by atoms with Gasteiger partial charge in [0.1, 0.15) is 18.0 Å². The number of ether oxygens (including phenoxy) is 1. The summed E-state index contributed by atoms with van der Waals surface area (Å²) in [7, 11) is 0. The van der Waals surface area contributed by atoms with Crippen LogP contribution in [0.4, 0.5) is 22.0 Å². The number of carbonyl (C=O) groups excluding carboxylic acids is 1. The van der Waals surface area contributed by atoms with E-state index >= 15 is 0 Å². The molecule has 0 spiro atoms. The molecule has 0 fully saturated rings. The summed E-state index contributed by atoms with van der Waals surface area (Å²) in [5, 5.41) is 14.0. The van der Waals surface area contributed by atoms with Crippen LogP contribution >= 0.6 is 0 Å². The van der Waals surface area contributed by atoms with E-state index in [0.717, 1.165) is 35.3 Å². The van der Waals surface area contributed by atoms with Crippen molar-refractivity contribution in [2.75, 3.05) is 0 Å². The third-order valence-electron chi connectivity index (χ3n) is 2.35. The highest BCUT2D eigenvalue weighted by molar-refractivity contribution is 5.80. The maximum atomic E-state index is 12.7. The molecule has 0 aliphatic carbocycles. The second kappa shape index (κ2) is 5.24. The van der Waals surface area contributed by atoms with Gasteiger partial charge in [0.25, 0.3) is 0 Å². The molecule has 0 bridgehead atoms. The molecule has 0 radical (unpaired) electrons. The maximum Gasteiger partial charge on any atom is 0.499 e. The molecule has 0 N–H and O–H groups in total. The number of hydrogen-bond donors (Lipinski definition) is 0. The Balaban J connectivity index is 2.18. The molecular weight excluding hydrogens is 317 g/mol. The van der Waals surface area contributed by atoms with Crippen LogP contribution in [0.1, 0.15) is 10.6 Å². The molecule has 0 saturated heterocycles. The molecule has 1 aromatic heterocycles. The normalized spacial score (nSPS) is 12.2. The average Bonchev–Trinajstić information content (AvgIpc) is 2.87. The van der Waals surface area contributed by atoms with E-state index in [1.54, 1.807) is 0 Å². The van der Waals surface area contributed by atoms with Crippen LogP contribution in [0.5, 0.6) is 5.75 Å². The molecule has 0 unspecified atom stereocenters. The lowest BCUT2D eigenvalue weighted by atomic mass is 10.3. The van der Waals surface area contributed by atoms with Gasteiger partial charge in [-0.1, -0.05) is 0 Å². The minimum Gasteiger partial charge on any atom is -0.541 e. The molecular formula is C11H5F5N3O3-. The van der Waals surface area contributed by atoms with Crippen LogP contribution in [0.2, 0.25) is 0 Å². The number of halogens is 5. The van der Waals surface area contributed by atoms with Crippen molar-refractivity contribution in [3.63, 3.8) is 0 Å². The molecule has 0 amide bonds. The van der Waals surface area contributed by atoms with Crippen molar-refractivity contribution >= 4 is 5.97 Å². The van der Waals surface area contributed by atoms with Crippen molar-refractivity contribution in [3.8, 4) is 11.4 Å². The lowest BCUT2D eigenvalue weighted by Gasteiger charge is -2.20. The number of aromatic nitrogens is 3. The molecule has 1 aromatic carbocycles. The first-order valence-electron chi connectivity index (χ1n) is 5.47. The van der Waals surface area contributed by atoms with Crippen LogP contribution in [0.25, 0.3) is 5.69 Å². The monoisotopic (exact) mass is 322 g/mol. The Morgan fingerprint density at radius 1 is 1.14 bits per heavy atom. The number of nitrogens with zero attached hydrogens (tertiary/aromatic N) is 3. The smallest absolute Gasteiger partial charge is 0.499 e. The molecule has 6 nitrogen and oxygen atoms in total. The number of rotatable bonds is 4. The first-order chi connectivity index (χ1) is 10.1. The predicted molar refractivity (Wildman–Crippen MR) is 57.3 cm³/mol. The van der Waals surface area contributed by atoms with Crippen molar-refractivity contribution in [2.45, 2.75) is 12.3 Å². The van der Waals surface area contributed by atoms with Gasteiger partial charge in [0, 0.05) is 0 Å². The van der Waals surface area contributed by atoms with Gasteiger partial charge < -0.3 is 14.6 Å². The van der Waals surface area contributed by atoms with Gasteiger partial charge in [-0.15, -0.1) is 5.10 Å². The first kappa shape index (κ1) is 15.7. The van der Waals surface area contributed by atoms with Crippen molar-refractivity contribution in [2.24, 2.45) is 0 Å². The van der Waals surface area contributed by atoms with E-state index in [2.05, 4.69) is 14.8 Å². The van der Waals surface area contributed by atoms with Crippen LogP contribution in [-0.4, -0.2) is 33.0 Å². The Kier molecular flexibility index (Phi) is 3.73. The van der Waals surface area contributed by atoms with Gasteiger partial charge in [-0.3, -0.25) is 0 Å². The van der Waals surface area contributed by atoms with Gasteiger partial charge in [0.2, 0.25) is 0 Å². The minimum absolute atomic E-state index is 0.169. The van der Waals surface area contributed by atoms with E-state index in [1.807, 2.05) is 0 Å². The molecule has 118 valence electrons. The Labute approximate surface area is 118 Å². The van der Waals surface area contributed by atoms with E-state index in [-0.39, 0.29) is 5.69 Å². The second-order valence-corrected chi connectivity index (χ2v) is 3.91. The quantitative estimate of drug-likeness (QED) is 0.789. The summed E-state index contributed by atoms with van der Waals surface area (Å²) in [6.07, 6.45) is -10.2. The van der Waals surface area contributed by atoms with Gasteiger partial charge in [0.05, 0.1) is 5.69 Å². The Morgan fingerprint density at radius 3 is 2.18 bits per heavy atom. The van der Waals surface area contributed by atoms with Gasteiger partial charge >= 0.3 is 12.3 Å². The van der Waals surface area contributed by atoms with Gasteiger partial charge in [-0.2, -0.15) is 22.0 Å². The van der Waals surface area contributed by atoms with E-state index in [1.165, 1.54) is 0 Å². The summed E-state index contributed by atoms with van der Waals surface area (Å²) < 4.78 is 65.9. The van der Waals surface area contributed by atoms with Crippen molar-refractivity contribution in [1.82, 2.24) is 14.8 Å². The zero-order chi connectivity index (χ0) is 16.5. The number of aromatic carboxylic acids is 1.